The van der Waals surface area contributed by atoms with Crippen molar-refractivity contribution >= 4 is 23.1 Å². The molecular weight excluding hydrogens is 272 g/mol. The summed E-state index contributed by atoms with van der Waals surface area (Å²) in [4.78, 5) is 4.35. The third kappa shape index (κ3) is 3.81. The van der Waals surface area contributed by atoms with Crippen LogP contribution in [0.25, 0.3) is 0 Å². The van der Waals surface area contributed by atoms with E-state index in [9.17, 15) is 0 Å². The lowest BCUT2D eigenvalue weighted by atomic mass is 10.0. The number of thiazole rings is 1. The molecule has 1 heterocycles. The molecule has 0 amide bonds. The first-order valence-electron chi connectivity index (χ1n) is 6.56. The first kappa shape index (κ1) is 14.6. The summed E-state index contributed by atoms with van der Waals surface area (Å²) in [5, 5.41) is 5.90. The van der Waals surface area contributed by atoms with Crippen molar-refractivity contribution in [3.8, 4) is 0 Å². The maximum atomic E-state index is 4.35. The number of hydrogen-bond donors (Lipinski definition) is 1. The van der Waals surface area contributed by atoms with Gasteiger partial charge in [0.1, 0.15) is 4.34 Å². The van der Waals surface area contributed by atoms with Gasteiger partial charge in [0.2, 0.25) is 0 Å². The minimum absolute atomic E-state index is 0.347. The molecule has 4 heteroatoms. The van der Waals surface area contributed by atoms with Crippen LogP contribution >= 0.6 is 23.1 Å². The second-order valence-electron chi connectivity index (χ2n) is 4.48. The Labute approximate surface area is 123 Å². The number of benzene rings is 1. The summed E-state index contributed by atoms with van der Waals surface area (Å²) in [7, 11) is 2.03. The van der Waals surface area contributed by atoms with Crippen LogP contribution in [-0.2, 0) is 6.42 Å². The number of hydrogen-bond acceptors (Lipinski definition) is 4. The molecule has 102 valence electrons. The molecule has 2 nitrogen and oxygen atoms in total. The van der Waals surface area contributed by atoms with Gasteiger partial charge in [-0.1, -0.05) is 49.9 Å². The molecule has 2 atom stereocenters. The minimum Gasteiger partial charge on any atom is -0.312 e. The van der Waals surface area contributed by atoms with E-state index < -0.39 is 0 Å². The Morgan fingerprint density at radius 3 is 2.58 bits per heavy atom. The fraction of sp³-hybridized carbons (Fsp3) is 0.400. The SMILES string of the molecule is CCc1ccc(C(NC)C(C)Sc2nccs2)cc1. The number of aryl methyl sites for hydroxylation is 1. The van der Waals surface area contributed by atoms with Crippen molar-refractivity contribution in [2.75, 3.05) is 7.05 Å². The smallest absolute Gasteiger partial charge is 0.150 e. The normalized spacial score (nSPS) is 14.3. The van der Waals surface area contributed by atoms with Crippen LogP contribution in [0.1, 0.15) is 31.0 Å². The van der Waals surface area contributed by atoms with Crippen LogP contribution in [0.4, 0.5) is 0 Å². The van der Waals surface area contributed by atoms with Gasteiger partial charge in [-0.2, -0.15) is 0 Å². The van der Waals surface area contributed by atoms with Gasteiger partial charge in [-0.3, -0.25) is 0 Å². The summed E-state index contributed by atoms with van der Waals surface area (Å²) < 4.78 is 1.14. The van der Waals surface area contributed by atoms with E-state index in [2.05, 4.69) is 48.4 Å². The van der Waals surface area contributed by atoms with Crippen LogP contribution in [0.3, 0.4) is 0 Å². The average molecular weight is 292 g/mol. The van der Waals surface area contributed by atoms with Crippen LogP contribution in [0.15, 0.2) is 40.2 Å². The molecule has 0 saturated carbocycles. The Hall–Kier alpha value is -0.840. The highest BCUT2D eigenvalue weighted by atomic mass is 32.2. The number of nitrogens with one attached hydrogen (secondary N) is 1. The van der Waals surface area contributed by atoms with E-state index in [1.807, 2.05) is 30.4 Å². The Kier molecular flexibility index (Phi) is 5.43. The zero-order valence-corrected chi connectivity index (χ0v) is 13.2. The summed E-state index contributed by atoms with van der Waals surface area (Å²) in [6, 6.07) is 9.26. The fourth-order valence-corrected chi connectivity index (χ4v) is 4.20. The van der Waals surface area contributed by atoms with Gasteiger partial charge in [0.15, 0.2) is 0 Å². The van der Waals surface area contributed by atoms with Crippen molar-refractivity contribution in [2.24, 2.45) is 0 Å². The summed E-state index contributed by atoms with van der Waals surface area (Å²) in [6.45, 7) is 4.44. The van der Waals surface area contributed by atoms with Crippen molar-refractivity contribution in [2.45, 2.75) is 35.9 Å². The Morgan fingerprint density at radius 2 is 2.05 bits per heavy atom. The highest BCUT2D eigenvalue weighted by Gasteiger charge is 2.19. The van der Waals surface area contributed by atoms with Crippen LogP contribution in [0.2, 0.25) is 0 Å². The number of nitrogens with zero attached hydrogens (tertiary/aromatic N) is 1. The highest BCUT2D eigenvalue weighted by molar-refractivity contribution is 8.01. The van der Waals surface area contributed by atoms with Crippen LogP contribution in [-0.4, -0.2) is 17.3 Å². The first-order valence-corrected chi connectivity index (χ1v) is 8.32. The van der Waals surface area contributed by atoms with E-state index in [0.29, 0.717) is 11.3 Å². The van der Waals surface area contributed by atoms with Gasteiger partial charge < -0.3 is 5.32 Å². The predicted octanol–water partition coefficient (Wildman–Crippen LogP) is 4.15. The highest BCUT2D eigenvalue weighted by Crippen LogP contribution is 2.32. The van der Waals surface area contributed by atoms with Crippen molar-refractivity contribution in [1.82, 2.24) is 10.3 Å². The third-order valence-electron chi connectivity index (χ3n) is 3.22. The first-order chi connectivity index (χ1) is 9.24. The molecule has 0 saturated heterocycles. The maximum Gasteiger partial charge on any atom is 0.150 e. The van der Waals surface area contributed by atoms with Gasteiger partial charge in [0, 0.05) is 22.9 Å². The summed E-state index contributed by atoms with van der Waals surface area (Å²) >= 11 is 3.54. The van der Waals surface area contributed by atoms with Gasteiger partial charge in [0.05, 0.1) is 0 Å². The summed E-state index contributed by atoms with van der Waals surface area (Å²) in [5.74, 6) is 0. The van der Waals surface area contributed by atoms with Gasteiger partial charge in [-0.25, -0.2) is 4.98 Å². The number of rotatable bonds is 6. The van der Waals surface area contributed by atoms with Crippen molar-refractivity contribution in [3.63, 3.8) is 0 Å². The molecule has 0 spiro atoms. The molecule has 2 rings (SSSR count). The third-order valence-corrected chi connectivity index (χ3v) is 5.32. The Bertz CT molecular complexity index is 479. The minimum atomic E-state index is 0.347. The molecular formula is C15H20N2S2. The Morgan fingerprint density at radius 1 is 1.32 bits per heavy atom. The van der Waals surface area contributed by atoms with E-state index in [1.165, 1.54) is 11.1 Å². The van der Waals surface area contributed by atoms with E-state index in [0.717, 1.165) is 10.8 Å². The van der Waals surface area contributed by atoms with E-state index in [-0.39, 0.29) is 0 Å². The molecule has 2 unspecified atom stereocenters. The quantitative estimate of drug-likeness (QED) is 0.810. The molecule has 1 aromatic heterocycles. The fourth-order valence-electron chi connectivity index (χ4n) is 2.13. The zero-order chi connectivity index (χ0) is 13.7. The number of thioether (sulfide) groups is 1. The second-order valence-corrected chi connectivity index (χ2v) is 7.00. The molecule has 19 heavy (non-hydrogen) atoms. The summed E-state index contributed by atoms with van der Waals surface area (Å²) in [5.41, 5.74) is 2.73. The lowest BCUT2D eigenvalue weighted by molar-refractivity contribution is 0.589. The monoisotopic (exact) mass is 292 g/mol. The molecule has 0 bridgehead atoms. The van der Waals surface area contributed by atoms with Gasteiger partial charge in [-0.15, -0.1) is 11.3 Å². The lowest BCUT2D eigenvalue weighted by Crippen LogP contribution is -2.25. The standard InChI is InChI=1S/C15H20N2S2/c1-4-12-5-7-13(8-6-12)14(16-3)11(2)19-15-17-9-10-18-15/h5-11,14,16H,4H2,1-3H3. The maximum absolute atomic E-state index is 4.35. The number of aromatic nitrogens is 1. The van der Waals surface area contributed by atoms with E-state index in [4.69, 9.17) is 0 Å². The largest absolute Gasteiger partial charge is 0.312 e. The molecule has 2 aromatic rings. The van der Waals surface area contributed by atoms with Crippen LogP contribution in [0.5, 0.6) is 0 Å². The average Bonchev–Trinajstić information content (AvgIpc) is 2.93. The van der Waals surface area contributed by atoms with E-state index in [1.54, 1.807) is 11.3 Å². The summed E-state index contributed by atoms with van der Waals surface area (Å²) in [6.07, 6.45) is 2.96. The van der Waals surface area contributed by atoms with Crippen LogP contribution < -0.4 is 5.32 Å². The van der Waals surface area contributed by atoms with Gasteiger partial charge in [0.25, 0.3) is 0 Å². The van der Waals surface area contributed by atoms with Gasteiger partial charge >= 0.3 is 0 Å². The Balaban J connectivity index is 2.09. The van der Waals surface area contributed by atoms with Gasteiger partial charge in [-0.05, 0) is 24.6 Å². The predicted molar refractivity (Wildman–Crippen MR) is 85.1 cm³/mol. The van der Waals surface area contributed by atoms with Crippen molar-refractivity contribution < 1.29 is 0 Å². The molecule has 1 aromatic carbocycles. The topological polar surface area (TPSA) is 24.9 Å². The molecule has 0 radical (unpaired) electrons. The molecule has 0 fully saturated rings. The molecule has 0 aliphatic heterocycles. The molecule has 1 N–H and O–H groups in total. The van der Waals surface area contributed by atoms with Crippen molar-refractivity contribution in [1.29, 1.82) is 0 Å². The van der Waals surface area contributed by atoms with Crippen LogP contribution in [0, 0.1) is 0 Å². The van der Waals surface area contributed by atoms with E-state index >= 15 is 0 Å². The molecule has 0 aliphatic carbocycles. The second kappa shape index (κ2) is 7.08. The lowest BCUT2D eigenvalue weighted by Gasteiger charge is -2.23. The zero-order valence-electron chi connectivity index (χ0n) is 11.6. The molecule has 0 aliphatic rings. The van der Waals surface area contributed by atoms with Crippen molar-refractivity contribution in [3.05, 3.63) is 47.0 Å².